The van der Waals surface area contributed by atoms with Crippen molar-refractivity contribution in [3.05, 3.63) is 66.3 Å². The van der Waals surface area contributed by atoms with E-state index in [1.54, 1.807) is 12.1 Å². The molecule has 3 aromatic rings. The first-order chi connectivity index (χ1) is 15.3. The summed E-state index contributed by atoms with van der Waals surface area (Å²) in [6, 6.07) is 7.60. The van der Waals surface area contributed by atoms with Gasteiger partial charge in [-0.1, -0.05) is 11.6 Å². The molecule has 11 heteroatoms. The van der Waals surface area contributed by atoms with E-state index in [9.17, 15) is 19.5 Å². The Hall–Kier alpha value is -2.79. The Labute approximate surface area is 196 Å². The van der Waals surface area contributed by atoms with Crippen LogP contribution in [0.3, 0.4) is 0 Å². The number of halogens is 1. The lowest BCUT2D eigenvalue weighted by Gasteiger charge is -2.20. The van der Waals surface area contributed by atoms with Gasteiger partial charge in [0, 0.05) is 36.6 Å². The van der Waals surface area contributed by atoms with Crippen LogP contribution in [0.15, 0.2) is 30.3 Å². The highest BCUT2D eigenvalue weighted by Gasteiger charge is 2.22. The van der Waals surface area contributed by atoms with Crippen molar-refractivity contribution in [3.63, 3.8) is 0 Å². The molecule has 0 bridgehead atoms. The van der Waals surface area contributed by atoms with Gasteiger partial charge in [-0.2, -0.15) is 0 Å². The monoisotopic (exact) mass is 490 g/mol. The number of thiazole rings is 1. The van der Waals surface area contributed by atoms with Crippen molar-refractivity contribution in [2.45, 2.75) is 19.5 Å². The zero-order chi connectivity index (χ0) is 22.8. The van der Waals surface area contributed by atoms with E-state index < -0.39 is 5.97 Å². The molecule has 1 aromatic carbocycles. The van der Waals surface area contributed by atoms with Crippen molar-refractivity contribution < 1.29 is 19.5 Å². The Morgan fingerprint density at radius 2 is 2.00 bits per heavy atom. The minimum atomic E-state index is -1.10. The number of benzene rings is 1. The molecule has 0 aliphatic carbocycles. The SMILES string of the molecule is CN1CCc2nc(C(=O)Nc3ccc(C(=O)O)cc3CNC(=O)c3ccc(Cl)s3)sc2C1. The van der Waals surface area contributed by atoms with Gasteiger partial charge in [0.05, 0.1) is 20.5 Å². The summed E-state index contributed by atoms with van der Waals surface area (Å²) >= 11 is 8.38. The number of nitrogens with zero attached hydrogens (tertiary/aromatic N) is 2. The molecule has 0 saturated carbocycles. The molecule has 0 fully saturated rings. The van der Waals surface area contributed by atoms with Crippen molar-refractivity contribution >= 4 is 57.7 Å². The van der Waals surface area contributed by atoms with Crippen LogP contribution in [0.1, 0.15) is 46.0 Å². The number of hydrogen-bond donors (Lipinski definition) is 3. The van der Waals surface area contributed by atoms with E-state index in [0.717, 1.165) is 41.4 Å². The molecule has 3 heterocycles. The number of nitrogens with one attached hydrogen (secondary N) is 2. The number of rotatable bonds is 6. The summed E-state index contributed by atoms with van der Waals surface area (Å²) < 4.78 is 0.494. The minimum absolute atomic E-state index is 0.0320. The molecule has 1 aliphatic heterocycles. The average molecular weight is 491 g/mol. The molecule has 32 heavy (non-hydrogen) atoms. The van der Waals surface area contributed by atoms with E-state index in [-0.39, 0.29) is 23.9 Å². The summed E-state index contributed by atoms with van der Waals surface area (Å²) in [4.78, 5) is 44.8. The van der Waals surface area contributed by atoms with Crippen LogP contribution in [0.2, 0.25) is 4.34 Å². The lowest BCUT2D eigenvalue weighted by molar-refractivity contribution is 0.0696. The number of carbonyl (C=O) groups excluding carboxylic acids is 2. The fraction of sp³-hybridized carbons (Fsp3) is 0.238. The molecule has 3 N–H and O–H groups in total. The quantitative estimate of drug-likeness (QED) is 0.485. The Balaban J connectivity index is 1.53. The zero-order valence-corrected chi connectivity index (χ0v) is 19.4. The van der Waals surface area contributed by atoms with Gasteiger partial charge in [0.25, 0.3) is 11.8 Å². The predicted molar refractivity (Wildman–Crippen MR) is 124 cm³/mol. The maximum Gasteiger partial charge on any atom is 0.335 e. The van der Waals surface area contributed by atoms with E-state index in [1.807, 2.05) is 7.05 Å². The van der Waals surface area contributed by atoms with Crippen molar-refractivity contribution in [3.8, 4) is 0 Å². The third-order valence-corrected chi connectivity index (χ3v) is 7.26. The average Bonchev–Trinajstić information content (AvgIpc) is 3.38. The van der Waals surface area contributed by atoms with Crippen LogP contribution in [0.4, 0.5) is 5.69 Å². The number of likely N-dealkylation sites (N-methyl/N-ethyl adjacent to an activating group) is 1. The van der Waals surface area contributed by atoms with Gasteiger partial charge < -0.3 is 20.6 Å². The predicted octanol–water partition coefficient (Wildman–Crippen LogP) is 3.73. The van der Waals surface area contributed by atoms with Gasteiger partial charge in [0.15, 0.2) is 5.01 Å². The molecular formula is C21H19ClN4O4S2. The zero-order valence-electron chi connectivity index (χ0n) is 17.0. The molecule has 0 saturated heterocycles. The van der Waals surface area contributed by atoms with Crippen molar-refractivity contribution in [2.75, 3.05) is 18.9 Å². The Morgan fingerprint density at radius 1 is 1.19 bits per heavy atom. The van der Waals surface area contributed by atoms with Crippen molar-refractivity contribution in [1.82, 2.24) is 15.2 Å². The maximum absolute atomic E-state index is 12.9. The first kappa shape index (κ1) is 22.4. The second kappa shape index (κ2) is 9.37. The van der Waals surface area contributed by atoms with Crippen LogP contribution in [0.25, 0.3) is 0 Å². The van der Waals surface area contributed by atoms with Gasteiger partial charge in [-0.15, -0.1) is 22.7 Å². The molecule has 4 rings (SSSR count). The number of aromatic carboxylic acids is 1. The van der Waals surface area contributed by atoms with E-state index in [2.05, 4.69) is 20.5 Å². The Bertz CT molecular complexity index is 1210. The molecule has 166 valence electrons. The number of amides is 2. The molecule has 2 amide bonds. The highest BCUT2D eigenvalue weighted by molar-refractivity contribution is 7.18. The molecular weight excluding hydrogens is 472 g/mol. The molecule has 2 aromatic heterocycles. The van der Waals surface area contributed by atoms with Crippen LogP contribution in [0, 0.1) is 0 Å². The smallest absolute Gasteiger partial charge is 0.335 e. The number of hydrogen-bond acceptors (Lipinski definition) is 7. The van der Waals surface area contributed by atoms with E-state index >= 15 is 0 Å². The summed E-state index contributed by atoms with van der Waals surface area (Å²) in [6.07, 6.45) is 0.799. The number of carboxylic acids is 1. The van der Waals surface area contributed by atoms with Gasteiger partial charge in [-0.25, -0.2) is 9.78 Å². The maximum atomic E-state index is 12.9. The number of aromatic nitrogens is 1. The Kier molecular flexibility index (Phi) is 6.56. The molecule has 0 radical (unpaired) electrons. The summed E-state index contributed by atoms with van der Waals surface area (Å²) in [5.74, 6) is -1.80. The first-order valence-corrected chi connectivity index (χ1v) is 11.7. The van der Waals surface area contributed by atoms with E-state index in [4.69, 9.17) is 11.6 Å². The first-order valence-electron chi connectivity index (χ1n) is 9.68. The molecule has 0 spiro atoms. The summed E-state index contributed by atoms with van der Waals surface area (Å²) in [7, 11) is 2.02. The number of fused-ring (bicyclic) bond motifs is 1. The number of anilines is 1. The van der Waals surface area contributed by atoms with Crippen LogP contribution in [-0.4, -0.2) is 46.4 Å². The third kappa shape index (κ3) is 4.99. The largest absolute Gasteiger partial charge is 0.478 e. The fourth-order valence-corrected chi connectivity index (χ4v) is 5.33. The topological polar surface area (TPSA) is 112 Å². The number of carboxylic acid groups (broad SMARTS) is 1. The normalized spacial score (nSPS) is 13.4. The van der Waals surface area contributed by atoms with Crippen LogP contribution in [0.5, 0.6) is 0 Å². The van der Waals surface area contributed by atoms with Crippen molar-refractivity contribution in [1.29, 1.82) is 0 Å². The molecule has 0 unspecified atom stereocenters. The van der Waals surface area contributed by atoms with Gasteiger partial charge in [0.1, 0.15) is 0 Å². The highest BCUT2D eigenvalue weighted by atomic mass is 35.5. The number of thiophene rings is 1. The lowest BCUT2D eigenvalue weighted by atomic mass is 10.1. The lowest BCUT2D eigenvalue weighted by Crippen LogP contribution is -2.25. The minimum Gasteiger partial charge on any atom is -0.478 e. The molecule has 0 atom stereocenters. The van der Waals surface area contributed by atoms with E-state index in [1.165, 1.54) is 29.5 Å². The summed E-state index contributed by atoms with van der Waals surface area (Å²) in [6.45, 7) is 1.69. The second-order valence-corrected chi connectivity index (χ2v) is 10.1. The van der Waals surface area contributed by atoms with Gasteiger partial charge in [-0.3, -0.25) is 9.59 Å². The molecule has 8 nitrogen and oxygen atoms in total. The fourth-order valence-electron chi connectivity index (χ4n) is 3.29. The number of carbonyl (C=O) groups is 3. The van der Waals surface area contributed by atoms with Gasteiger partial charge in [-0.05, 0) is 42.9 Å². The van der Waals surface area contributed by atoms with Crippen molar-refractivity contribution in [2.24, 2.45) is 0 Å². The van der Waals surface area contributed by atoms with E-state index in [0.29, 0.717) is 25.5 Å². The summed E-state index contributed by atoms with van der Waals surface area (Å²) in [5.41, 5.74) is 1.88. The molecule has 1 aliphatic rings. The highest BCUT2D eigenvalue weighted by Crippen LogP contribution is 2.26. The van der Waals surface area contributed by atoms with Crippen LogP contribution < -0.4 is 10.6 Å². The van der Waals surface area contributed by atoms with Gasteiger partial charge in [0.2, 0.25) is 0 Å². The Morgan fingerprint density at radius 3 is 2.72 bits per heavy atom. The van der Waals surface area contributed by atoms with Gasteiger partial charge >= 0.3 is 5.97 Å². The third-order valence-electron chi connectivity index (χ3n) is 4.95. The van der Waals surface area contributed by atoms with Crippen LogP contribution in [-0.2, 0) is 19.5 Å². The standard InChI is InChI=1S/C21H19ClN4O4S2/c1-26-7-6-14-16(10-26)32-20(25-14)19(28)24-13-3-2-11(21(29)30)8-12(13)9-23-18(27)15-4-5-17(22)31-15/h2-5,8H,6-7,9-10H2,1H3,(H,23,27)(H,24,28)(H,29,30). The van der Waals surface area contributed by atoms with Crippen LogP contribution >= 0.6 is 34.3 Å². The second-order valence-electron chi connectivity index (χ2n) is 7.29. The summed E-state index contributed by atoms with van der Waals surface area (Å²) in [5, 5.41) is 15.2.